The van der Waals surface area contributed by atoms with Gasteiger partial charge in [-0.05, 0) is 19.0 Å². The second-order valence-corrected chi connectivity index (χ2v) is 4.60. The highest BCUT2D eigenvalue weighted by molar-refractivity contribution is 5.94. The molecule has 0 N–H and O–H groups in total. The lowest BCUT2D eigenvalue weighted by molar-refractivity contribution is 0.0631. The fraction of sp³-hybridized carbons (Fsp3) is 0.538. The Kier molecular flexibility index (Phi) is 4.42. The lowest BCUT2D eigenvalue weighted by atomic mass is 10.2. The molecule has 0 aliphatic carbocycles. The molecule has 4 nitrogen and oxygen atoms in total. The molecule has 0 saturated carbocycles. The molecule has 1 aliphatic rings. The topological polar surface area (TPSA) is 36.4 Å². The summed E-state index contributed by atoms with van der Waals surface area (Å²) in [5.74, 6) is -2.85. The Morgan fingerprint density at radius 2 is 2.00 bits per heavy atom. The van der Waals surface area contributed by atoms with E-state index in [0.717, 1.165) is 32.3 Å². The van der Waals surface area contributed by atoms with Crippen LogP contribution in [-0.2, 0) is 0 Å². The first-order chi connectivity index (χ1) is 9.13. The van der Waals surface area contributed by atoms with E-state index in [-0.39, 0.29) is 5.56 Å². The SMILES string of the molecule is CCCN1CCN(C(=O)c2ccnc(F)c2F)CC1. The van der Waals surface area contributed by atoms with E-state index in [2.05, 4.69) is 16.8 Å². The van der Waals surface area contributed by atoms with E-state index >= 15 is 0 Å². The van der Waals surface area contributed by atoms with Crippen LogP contribution >= 0.6 is 0 Å². The van der Waals surface area contributed by atoms with Crippen molar-refractivity contribution in [2.75, 3.05) is 32.7 Å². The lowest BCUT2D eigenvalue weighted by Gasteiger charge is -2.34. The summed E-state index contributed by atoms with van der Waals surface area (Å²) in [4.78, 5) is 19.1. The molecule has 2 rings (SSSR count). The zero-order chi connectivity index (χ0) is 13.8. The van der Waals surface area contributed by atoms with E-state index in [9.17, 15) is 13.6 Å². The van der Waals surface area contributed by atoms with Gasteiger partial charge in [-0.25, -0.2) is 9.37 Å². The number of hydrogen-bond acceptors (Lipinski definition) is 3. The van der Waals surface area contributed by atoms with Crippen LogP contribution in [0.1, 0.15) is 23.7 Å². The molecule has 0 unspecified atom stereocenters. The molecule has 0 aromatic carbocycles. The highest BCUT2D eigenvalue weighted by Crippen LogP contribution is 2.13. The van der Waals surface area contributed by atoms with Crippen molar-refractivity contribution < 1.29 is 13.6 Å². The quantitative estimate of drug-likeness (QED) is 0.781. The zero-order valence-corrected chi connectivity index (χ0v) is 10.9. The maximum Gasteiger partial charge on any atom is 0.257 e. The van der Waals surface area contributed by atoms with Crippen LogP contribution < -0.4 is 0 Å². The Balaban J connectivity index is 2.03. The molecular weight excluding hydrogens is 252 g/mol. The molecule has 0 spiro atoms. The van der Waals surface area contributed by atoms with Gasteiger partial charge in [-0.2, -0.15) is 4.39 Å². The Labute approximate surface area is 111 Å². The fourth-order valence-electron chi connectivity index (χ4n) is 2.24. The molecule has 1 fully saturated rings. The average Bonchev–Trinajstić information content (AvgIpc) is 2.42. The standard InChI is InChI=1S/C13H17F2N3O/c1-2-5-17-6-8-18(9-7-17)13(19)10-3-4-16-12(15)11(10)14/h3-4H,2,5-9H2,1H3. The maximum atomic E-state index is 13.5. The van der Waals surface area contributed by atoms with Gasteiger partial charge in [-0.3, -0.25) is 9.69 Å². The van der Waals surface area contributed by atoms with E-state index in [1.165, 1.54) is 6.07 Å². The number of amides is 1. The van der Waals surface area contributed by atoms with Crippen molar-refractivity contribution in [3.63, 3.8) is 0 Å². The molecule has 0 radical (unpaired) electrons. The van der Waals surface area contributed by atoms with E-state index in [1.807, 2.05) is 0 Å². The van der Waals surface area contributed by atoms with Crippen molar-refractivity contribution in [2.24, 2.45) is 0 Å². The van der Waals surface area contributed by atoms with Crippen molar-refractivity contribution in [3.05, 3.63) is 29.6 Å². The van der Waals surface area contributed by atoms with Crippen LogP contribution in [0.2, 0.25) is 0 Å². The first-order valence-electron chi connectivity index (χ1n) is 6.45. The highest BCUT2D eigenvalue weighted by atomic mass is 19.2. The van der Waals surface area contributed by atoms with Gasteiger partial charge in [0, 0.05) is 32.4 Å². The van der Waals surface area contributed by atoms with Crippen molar-refractivity contribution in [1.29, 1.82) is 0 Å². The Bertz CT molecular complexity index is 459. The average molecular weight is 269 g/mol. The molecule has 1 aromatic heterocycles. The van der Waals surface area contributed by atoms with E-state index in [4.69, 9.17) is 0 Å². The third-order valence-electron chi connectivity index (χ3n) is 3.28. The monoisotopic (exact) mass is 269 g/mol. The smallest absolute Gasteiger partial charge is 0.257 e. The lowest BCUT2D eigenvalue weighted by Crippen LogP contribution is -2.49. The minimum absolute atomic E-state index is 0.239. The summed E-state index contributed by atoms with van der Waals surface area (Å²) in [6.07, 6.45) is 2.18. The summed E-state index contributed by atoms with van der Waals surface area (Å²) >= 11 is 0. The third kappa shape index (κ3) is 3.07. The zero-order valence-electron chi connectivity index (χ0n) is 10.9. The van der Waals surface area contributed by atoms with Crippen molar-refractivity contribution in [3.8, 4) is 0 Å². The maximum absolute atomic E-state index is 13.5. The number of carbonyl (C=O) groups is 1. The molecular formula is C13H17F2N3O. The fourth-order valence-corrected chi connectivity index (χ4v) is 2.24. The van der Waals surface area contributed by atoms with Crippen LogP contribution in [0.3, 0.4) is 0 Å². The summed E-state index contributed by atoms with van der Waals surface area (Å²) in [6.45, 7) is 5.74. The summed E-state index contributed by atoms with van der Waals surface area (Å²) in [5.41, 5.74) is -0.239. The van der Waals surface area contributed by atoms with Gasteiger partial charge in [0.1, 0.15) is 0 Å². The normalized spacial score (nSPS) is 16.7. The number of aromatic nitrogens is 1. The first kappa shape index (κ1) is 13.9. The largest absolute Gasteiger partial charge is 0.336 e. The van der Waals surface area contributed by atoms with Gasteiger partial charge in [0.15, 0.2) is 5.82 Å². The van der Waals surface area contributed by atoms with Crippen LogP contribution in [0.4, 0.5) is 8.78 Å². The van der Waals surface area contributed by atoms with E-state index in [1.54, 1.807) is 4.90 Å². The van der Waals surface area contributed by atoms with Gasteiger partial charge in [0.2, 0.25) is 5.95 Å². The van der Waals surface area contributed by atoms with Gasteiger partial charge >= 0.3 is 0 Å². The molecule has 1 amide bonds. The van der Waals surface area contributed by atoms with Crippen LogP contribution in [0.15, 0.2) is 12.3 Å². The van der Waals surface area contributed by atoms with E-state index in [0.29, 0.717) is 13.1 Å². The number of piperazine rings is 1. The number of pyridine rings is 1. The second-order valence-electron chi connectivity index (χ2n) is 4.60. The van der Waals surface area contributed by atoms with Crippen molar-refractivity contribution in [1.82, 2.24) is 14.8 Å². The molecule has 19 heavy (non-hydrogen) atoms. The summed E-state index contributed by atoms with van der Waals surface area (Å²) in [6, 6.07) is 1.22. The van der Waals surface area contributed by atoms with Gasteiger partial charge in [-0.1, -0.05) is 6.92 Å². The van der Waals surface area contributed by atoms with Crippen molar-refractivity contribution in [2.45, 2.75) is 13.3 Å². The van der Waals surface area contributed by atoms with Crippen LogP contribution in [0, 0.1) is 11.8 Å². The number of nitrogens with zero attached hydrogens (tertiary/aromatic N) is 3. The molecule has 6 heteroatoms. The number of halogens is 2. The highest BCUT2D eigenvalue weighted by Gasteiger charge is 2.25. The van der Waals surface area contributed by atoms with Gasteiger partial charge < -0.3 is 4.90 Å². The molecule has 2 heterocycles. The van der Waals surface area contributed by atoms with E-state index < -0.39 is 17.7 Å². The summed E-state index contributed by atoms with van der Waals surface area (Å²) in [5, 5.41) is 0. The van der Waals surface area contributed by atoms with Gasteiger partial charge in [0.25, 0.3) is 5.91 Å². The minimum atomic E-state index is -1.23. The number of hydrogen-bond donors (Lipinski definition) is 0. The predicted molar refractivity (Wildman–Crippen MR) is 66.8 cm³/mol. The second kappa shape index (κ2) is 6.06. The number of carbonyl (C=O) groups excluding carboxylic acids is 1. The Morgan fingerprint density at radius 3 is 2.63 bits per heavy atom. The molecule has 1 aromatic rings. The van der Waals surface area contributed by atoms with Crippen LogP contribution in [0.5, 0.6) is 0 Å². The molecule has 0 bridgehead atoms. The predicted octanol–water partition coefficient (Wildman–Crippen LogP) is 1.53. The minimum Gasteiger partial charge on any atom is -0.336 e. The summed E-state index contributed by atoms with van der Waals surface area (Å²) in [7, 11) is 0. The molecule has 104 valence electrons. The van der Waals surface area contributed by atoms with Crippen LogP contribution in [-0.4, -0.2) is 53.4 Å². The number of rotatable bonds is 3. The Morgan fingerprint density at radius 1 is 1.32 bits per heavy atom. The molecule has 0 atom stereocenters. The van der Waals surface area contributed by atoms with Crippen LogP contribution in [0.25, 0.3) is 0 Å². The molecule has 1 saturated heterocycles. The molecule has 1 aliphatic heterocycles. The van der Waals surface area contributed by atoms with Gasteiger partial charge in [0.05, 0.1) is 5.56 Å². The Hall–Kier alpha value is -1.56. The third-order valence-corrected chi connectivity index (χ3v) is 3.28. The van der Waals surface area contributed by atoms with Crippen molar-refractivity contribution >= 4 is 5.91 Å². The first-order valence-corrected chi connectivity index (χ1v) is 6.45. The summed E-state index contributed by atoms with van der Waals surface area (Å²) < 4.78 is 26.5. The van der Waals surface area contributed by atoms with Gasteiger partial charge in [-0.15, -0.1) is 0 Å².